The predicted molar refractivity (Wildman–Crippen MR) is 143 cm³/mol. The van der Waals surface area contributed by atoms with Crippen molar-refractivity contribution >= 4 is 22.8 Å². The first-order valence-electron chi connectivity index (χ1n) is 12.2. The zero-order valence-corrected chi connectivity index (χ0v) is 21.1. The van der Waals surface area contributed by atoms with Gasteiger partial charge in [0.15, 0.2) is 0 Å². The molecular weight excluding hydrogens is 438 g/mol. The van der Waals surface area contributed by atoms with Crippen LogP contribution in [0.4, 0.5) is 0 Å². The molecule has 186 valence electrons. The van der Waals surface area contributed by atoms with Crippen LogP contribution in [0.5, 0.6) is 5.75 Å². The summed E-state index contributed by atoms with van der Waals surface area (Å²) in [5.41, 5.74) is 4.12. The van der Waals surface area contributed by atoms with E-state index >= 15 is 0 Å². The standard InChI is InChI=1S/C29H37N3O3/c1-21(2)32(22(3)4)17-16-30-19-24(18-23-12-14-26(15-13-23)29(33)31-34)20-35-28-11-7-9-25-8-5-6-10-27(25)28/h5-15,18,21-22,30,34H,16-17,19-20H2,1-4H3,(H,31,33)/b24-18+. The number of carbonyl (C=O) groups is 1. The van der Waals surface area contributed by atoms with Gasteiger partial charge in [0.05, 0.1) is 0 Å². The molecule has 0 fully saturated rings. The molecule has 6 nitrogen and oxygen atoms in total. The molecule has 35 heavy (non-hydrogen) atoms. The summed E-state index contributed by atoms with van der Waals surface area (Å²) >= 11 is 0. The van der Waals surface area contributed by atoms with Crippen molar-refractivity contribution in [2.75, 3.05) is 26.2 Å². The van der Waals surface area contributed by atoms with Gasteiger partial charge in [-0.15, -0.1) is 0 Å². The van der Waals surface area contributed by atoms with Crippen LogP contribution in [0.15, 0.2) is 72.3 Å². The predicted octanol–water partition coefficient (Wildman–Crippen LogP) is 5.13. The van der Waals surface area contributed by atoms with Crippen LogP contribution >= 0.6 is 0 Å². The summed E-state index contributed by atoms with van der Waals surface area (Å²) in [7, 11) is 0. The van der Waals surface area contributed by atoms with Gasteiger partial charge in [-0.3, -0.25) is 14.9 Å². The maximum absolute atomic E-state index is 11.6. The molecule has 0 aliphatic rings. The van der Waals surface area contributed by atoms with E-state index in [9.17, 15) is 4.79 Å². The lowest BCUT2D eigenvalue weighted by Crippen LogP contribution is -2.41. The van der Waals surface area contributed by atoms with Crippen LogP contribution in [0.25, 0.3) is 16.8 Å². The van der Waals surface area contributed by atoms with Gasteiger partial charge < -0.3 is 10.1 Å². The Morgan fingerprint density at radius 1 is 0.971 bits per heavy atom. The van der Waals surface area contributed by atoms with Gasteiger partial charge in [-0.05, 0) is 62.4 Å². The average Bonchev–Trinajstić information content (AvgIpc) is 2.86. The zero-order valence-electron chi connectivity index (χ0n) is 21.1. The summed E-state index contributed by atoms with van der Waals surface area (Å²) in [6, 6.07) is 22.4. The smallest absolute Gasteiger partial charge is 0.274 e. The number of amides is 1. The molecule has 0 unspecified atom stereocenters. The van der Waals surface area contributed by atoms with Crippen molar-refractivity contribution in [3.63, 3.8) is 0 Å². The number of nitrogens with one attached hydrogen (secondary N) is 2. The van der Waals surface area contributed by atoms with Gasteiger partial charge in [-0.25, -0.2) is 5.48 Å². The first-order valence-corrected chi connectivity index (χ1v) is 12.2. The lowest BCUT2D eigenvalue weighted by molar-refractivity contribution is 0.0706. The summed E-state index contributed by atoms with van der Waals surface area (Å²) in [5, 5.41) is 14.7. The van der Waals surface area contributed by atoms with Gasteiger partial charge in [-0.2, -0.15) is 0 Å². The van der Waals surface area contributed by atoms with E-state index in [2.05, 4.69) is 62.2 Å². The van der Waals surface area contributed by atoms with Crippen LogP contribution in [0.2, 0.25) is 0 Å². The number of carbonyl (C=O) groups excluding carboxylic acids is 1. The van der Waals surface area contributed by atoms with Gasteiger partial charge in [0, 0.05) is 42.7 Å². The lowest BCUT2D eigenvalue weighted by Gasteiger charge is -2.30. The lowest BCUT2D eigenvalue weighted by atomic mass is 10.1. The Bertz CT molecular complexity index is 1110. The molecule has 0 atom stereocenters. The average molecular weight is 476 g/mol. The van der Waals surface area contributed by atoms with E-state index in [1.54, 1.807) is 17.6 Å². The number of hydrogen-bond acceptors (Lipinski definition) is 5. The molecule has 0 spiro atoms. The van der Waals surface area contributed by atoms with E-state index in [1.165, 1.54) is 0 Å². The normalized spacial score (nSPS) is 12.1. The van der Waals surface area contributed by atoms with E-state index in [-0.39, 0.29) is 0 Å². The van der Waals surface area contributed by atoms with Crippen LogP contribution in [0.1, 0.15) is 43.6 Å². The molecule has 3 rings (SSSR count). The van der Waals surface area contributed by atoms with Gasteiger partial charge in [-0.1, -0.05) is 54.6 Å². The number of hydrogen-bond donors (Lipinski definition) is 3. The highest BCUT2D eigenvalue weighted by atomic mass is 16.5. The molecule has 1 amide bonds. The zero-order chi connectivity index (χ0) is 25.2. The van der Waals surface area contributed by atoms with E-state index < -0.39 is 5.91 Å². The third kappa shape index (κ3) is 7.65. The Morgan fingerprint density at radius 2 is 1.66 bits per heavy atom. The Morgan fingerprint density at radius 3 is 2.34 bits per heavy atom. The highest BCUT2D eigenvalue weighted by Crippen LogP contribution is 2.25. The molecule has 0 aliphatic heterocycles. The number of hydroxylamine groups is 1. The number of benzene rings is 3. The van der Waals surface area contributed by atoms with Crippen LogP contribution < -0.4 is 15.5 Å². The Hall–Kier alpha value is -3.19. The summed E-state index contributed by atoms with van der Waals surface area (Å²) in [4.78, 5) is 14.1. The minimum Gasteiger partial charge on any atom is -0.489 e. The van der Waals surface area contributed by atoms with Gasteiger partial charge >= 0.3 is 0 Å². The third-order valence-corrected chi connectivity index (χ3v) is 6.03. The summed E-state index contributed by atoms with van der Waals surface area (Å²) in [5.74, 6) is 0.330. The van der Waals surface area contributed by atoms with Gasteiger partial charge in [0.2, 0.25) is 0 Å². The highest BCUT2D eigenvalue weighted by Gasteiger charge is 2.12. The fraction of sp³-hybridized carbons (Fsp3) is 0.345. The van der Waals surface area contributed by atoms with Crippen molar-refractivity contribution in [1.82, 2.24) is 15.7 Å². The molecular formula is C29H37N3O3. The van der Waals surface area contributed by atoms with Crippen LogP contribution in [-0.2, 0) is 0 Å². The Labute approximate surface area is 208 Å². The second-order valence-electron chi connectivity index (χ2n) is 9.23. The molecule has 0 saturated heterocycles. The van der Waals surface area contributed by atoms with E-state index in [0.717, 1.165) is 40.7 Å². The van der Waals surface area contributed by atoms with Crippen molar-refractivity contribution in [1.29, 1.82) is 0 Å². The van der Waals surface area contributed by atoms with Crippen LogP contribution in [0, 0.1) is 0 Å². The first kappa shape index (κ1) is 26.4. The highest BCUT2D eigenvalue weighted by molar-refractivity contribution is 5.93. The van der Waals surface area contributed by atoms with Crippen molar-refractivity contribution < 1.29 is 14.7 Å². The molecule has 0 bridgehead atoms. The van der Waals surface area contributed by atoms with E-state index in [0.29, 0.717) is 30.8 Å². The quantitative estimate of drug-likeness (QED) is 0.192. The topological polar surface area (TPSA) is 73.8 Å². The summed E-state index contributed by atoms with van der Waals surface area (Å²) in [6.07, 6.45) is 2.08. The number of rotatable bonds is 12. The number of fused-ring (bicyclic) bond motifs is 1. The third-order valence-electron chi connectivity index (χ3n) is 6.03. The number of nitrogens with zero attached hydrogens (tertiary/aromatic N) is 1. The van der Waals surface area contributed by atoms with Crippen molar-refractivity contribution in [3.8, 4) is 5.75 Å². The maximum atomic E-state index is 11.6. The van der Waals surface area contributed by atoms with Crippen molar-refractivity contribution in [3.05, 3.63) is 83.4 Å². The molecule has 0 radical (unpaired) electrons. The van der Waals surface area contributed by atoms with E-state index in [4.69, 9.17) is 9.94 Å². The molecule has 3 N–H and O–H groups in total. The first-order chi connectivity index (χ1) is 16.9. The Balaban J connectivity index is 1.73. The molecule has 0 heterocycles. The fourth-order valence-corrected chi connectivity index (χ4v) is 4.24. The monoisotopic (exact) mass is 475 g/mol. The molecule has 0 aromatic heterocycles. The minimum atomic E-state index is -0.526. The molecule has 3 aromatic rings. The molecule has 0 aliphatic carbocycles. The minimum absolute atomic E-state index is 0.402. The molecule has 6 heteroatoms. The van der Waals surface area contributed by atoms with Gasteiger partial charge in [0.1, 0.15) is 12.4 Å². The Kier molecular flexibility index (Phi) is 9.85. The second kappa shape index (κ2) is 13.0. The SMILES string of the molecule is CC(C)N(CCNC/C(=C\c1ccc(C(=O)NO)cc1)COc1cccc2ccccc12)C(C)C. The molecule has 0 saturated carbocycles. The largest absolute Gasteiger partial charge is 0.489 e. The van der Waals surface area contributed by atoms with Crippen LogP contribution in [-0.4, -0.2) is 54.3 Å². The van der Waals surface area contributed by atoms with E-state index in [1.807, 2.05) is 36.4 Å². The maximum Gasteiger partial charge on any atom is 0.274 e. The fourth-order valence-electron chi connectivity index (χ4n) is 4.24. The van der Waals surface area contributed by atoms with Crippen molar-refractivity contribution in [2.24, 2.45) is 0 Å². The molecule has 3 aromatic carbocycles. The summed E-state index contributed by atoms with van der Waals surface area (Å²) < 4.78 is 6.27. The van der Waals surface area contributed by atoms with Crippen molar-refractivity contribution in [2.45, 2.75) is 39.8 Å². The number of ether oxygens (including phenoxy) is 1. The van der Waals surface area contributed by atoms with Crippen LogP contribution in [0.3, 0.4) is 0 Å². The van der Waals surface area contributed by atoms with Gasteiger partial charge in [0.25, 0.3) is 5.91 Å². The summed E-state index contributed by atoms with van der Waals surface area (Å²) in [6.45, 7) is 11.9. The second-order valence-corrected chi connectivity index (χ2v) is 9.23.